The maximum Gasteiger partial charge on any atom is 0.151 e. The zero-order valence-electron chi connectivity index (χ0n) is 8.29. The summed E-state index contributed by atoms with van der Waals surface area (Å²) in [4.78, 5) is 11.5. The number of hydrogen-bond acceptors (Lipinski definition) is 2. The largest absolute Gasteiger partial charge is 0.298 e. The van der Waals surface area contributed by atoms with Gasteiger partial charge in [0.15, 0.2) is 6.29 Å². The van der Waals surface area contributed by atoms with Crippen LogP contribution in [0.4, 0.5) is 4.39 Å². The summed E-state index contributed by atoms with van der Waals surface area (Å²) >= 11 is 1.37. The van der Waals surface area contributed by atoms with Gasteiger partial charge in [0, 0.05) is 16.2 Å². The molecule has 0 atom stereocenters. The summed E-state index contributed by atoms with van der Waals surface area (Å²) in [7, 11) is 0. The zero-order chi connectivity index (χ0) is 10.6. The van der Waals surface area contributed by atoms with E-state index in [9.17, 15) is 9.18 Å². The highest BCUT2D eigenvalue weighted by Gasteiger charge is 2.16. The van der Waals surface area contributed by atoms with Crippen molar-refractivity contribution in [1.82, 2.24) is 0 Å². The van der Waals surface area contributed by atoms with Gasteiger partial charge in [0.1, 0.15) is 5.67 Å². The van der Waals surface area contributed by atoms with Gasteiger partial charge in [-0.2, -0.15) is 0 Å². The molecule has 1 aromatic carbocycles. The molecule has 0 spiro atoms. The van der Waals surface area contributed by atoms with Crippen molar-refractivity contribution in [2.24, 2.45) is 0 Å². The van der Waals surface area contributed by atoms with Crippen LogP contribution in [0.2, 0.25) is 0 Å². The summed E-state index contributed by atoms with van der Waals surface area (Å²) < 4.78 is 13.2. The third-order valence-corrected chi connectivity index (χ3v) is 3.13. The second-order valence-corrected chi connectivity index (χ2v) is 4.68. The smallest absolute Gasteiger partial charge is 0.151 e. The Bertz CT molecular complexity index is 317. The Morgan fingerprint density at radius 1 is 1.43 bits per heavy atom. The number of hydrogen-bond donors (Lipinski definition) is 0. The Hall–Kier alpha value is -0.830. The number of aldehydes is 1. The van der Waals surface area contributed by atoms with Gasteiger partial charge in [-0.15, -0.1) is 11.8 Å². The van der Waals surface area contributed by atoms with Gasteiger partial charge in [-0.05, 0) is 19.9 Å². The zero-order valence-corrected chi connectivity index (χ0v) is 9.10. The number of alkyl halides is 1. The number of carbonyl (C=O) groups is 1. The van der Waals surface area contributed by atoms with Gasteiger partial charge >= 0.3 is 0 Å². The average molecular weight is 212 g/mol. The van der Waals surface area contributed by atoms with Crippen molar-refractivity contribution in [1.29, 1.82) is 0 Å². The van der Waals surface area contributed by atoms with Crippen molar-refractivity contribution in [3.8, 4) is 0 Å². The summed E-state index contributed by atoms with van der Waals surface area (Å²) in [6.45, 7) is 3.06. The molecule has 0 aliphatic rings. The number of rotatable bonds is 4. The van der Waals surface area contributed by atoms with Crippen molar-refractivity contribution in [3.05, 3.63) is 29.8 Å². The lowest BCUT2D eigenvalue weighted by Crippen LogP contribution is -2.15. The van der Waals surface area contributed by atoms with E-state index in [0.717, 1.165) is 11.2 Å². The van der Waals surface area contributed by atoms with E-state index in [2.05, 4.69) is 0 Å². The predicted molar refractivity (Wildman–Crippen MR) is 57.7 cm³/mol. The van der Waals surface area contributed by atoms with Crippen LogP contribution >= 0.6 is 11.8 Å². The summed E-state index contributed by atoms with van der Waals surface area (Å²) in [6.07, 6.45) is 0.799. The monoisotopic (exact) mass is 212 g/mol. The lowest BCUT2D eigenvalue weighted by atomic mass is 10.2. The first-order valence-electron chi connectivity index (χ1n) is 4.39. The van der Waals surface area contributed by atoms with Crippen molar-refractivity contribution >= 4 is 18.0 Å². The van der Waals surface area contributed by atoms with Crippen LogP contribution in [0.25, 0.3) is 0 Å². The maximum atomic E-state index is 13.2. The molecule has 0 radical (unpaired) electrons. The Balaban J connectivity index is 2.71. The van der Waals surface area contributed by atoms with E-state index in [1.54, 1.807) is 12.1 Å². The number of halogens is 1. The van der Waals surface area contributed by atoms with Crippen LogP contribution in [0, 0.1) is 0 Å². The molecule has 0 saturated carbocycles. The summed E-state index contributed by atoms with van der Waals surface area (Å²) in [5, 5.41) is 0. The van der Waals surface area contributed by atoms with E-state index in [1.807, 2.05) is 12.1 Å². The van der Waals surface area contributed by atoms with Crippen LogP contribution in [0.3, 0.4) is 0 Å². The van der Waals surface area contributed by atoms with Crippen molar-refractivity contribution in [2.75, 3.05) is 5.75 Å². The second kappa shape index (κ2) is 4.60. The molecule has 0 aliphatic heterocycles. The summed E-state index contributed by atoms with van der Waals surface area (Å²) in [5.41, 5.74) is -0.581. The fourth-order valence-corrected chi connectivity index (χ4v) is 1.92. The highest BCUT2D eigenvalue weighted by Crippen LogP contribution is 2.26. The molecule has 1 aromatic rings. The van der Waals surface area contributed by atoms with Crippen LogP contribution in [-0.4, -0.2) is 17.7 Å². The topological polar surface area (TPSA) is 17.1 Å². The number of carbonyl (C=O) groups excluding carboxylic acids is 1. The first-order valence-corrected chi connectivity index (χ1v) is 5.37. The minimum atomic E-state index is -1.21. The van der Waals surface area contributed by atoms with E-state index in [1.165, 1.54) is 25.6 Å². The number of thioether (sulfide) groups is 1. The molecule has 14 heavy (non-hydrogen) atoms. The van der Waals surface area contributed by atoms with Crippen LogP contribution in [-0.2, 0) is 0 Å². The number of benzene rings is 1. The molecule has 3 heteroatoms. The molecule has 1 rings (SSSR count). The van der Waals surface area contributed by atoms with Crippen LogP contribution < -0.4 is 0 Å². The second-order valence-electron chi connectivity index (χ2n) is 3.66. The molecular weight excluding hydrogens is 199 g/mol. The van der Waals surface area contributed by atoms with Gasteiger partial charge in [0.05, 0.1) is 0 Å². The molecule has 0 heterocycles. The predicted octanol–water partition coefficient (Wildman–Crippen LogP) is 3.34. The first kappa shape index (κ1) is 11.2. The van der Waals surface area contributed by atoms with Crippen LogP contribution in [0.15, 0.2) is 29.2 Å². The lowest BCUT2D eigenvalue weighted by Gasteiger charge is -2.13. The highest BCUT2D eigenvalue weighted by molar-refractivity contribution is 7.99. The van der Waals surface area contributed by atoms with E-state index >= 15 is 0 Å². The summed E-state index contributed by atoms with van der Waals surface area (Å²) in [5.74, 6) is 0.359. The van der Waals surface area contributed by atoms with E-state index < -0.39 is 5.67 Å². The van der Waals surface area contributed by atoms with Crippen molar-refractivity contribution in [2.45, 2.75) is 24.4 Å². The average Bonchev–Trinajstić information content (AvgIpc) is 2.14. The third-order valence-electron chi connectivity index (χ3n) is 1.62. The molecule has 0 fully saturated rings. The molecule has 0 unspecified atom stereocenters. The van der Waals surface area contributed by atoms with Gasteiger partial charge in [0.25, 0.3) is 0 Å². The quantitative estimate of drug-likeness (QED) is 0.562. The minimum Gasteiger partial charge on any atom is -0.298 e. The third kappa shape index (κ3) is 3.50. The fraction of sp³-hybridized carbons (Fsp3) is 0.364. The molecule has 76 valence electrons. The molecule has 0 aromatic heterocycles. The molecule has 0 saturated heterocycles. The van der Waals surface area contributed by atoms with Crippen LogP contribution in [0.1, 0.15) is 24.2 Å². The molecule has 0 bridgehead atoms. The Kier molecular flexibility index (Phi) is 3.69. The van der Waals surface area contributed by atoms with Gasteiger partial charge in [-0.3, -0.25) is 4.79 Å². The minimum absolute atomic E-state index is 0.359. The first-order chi connectivity index (χ1) is 6.53. The SMILES string of the molecule is CC(C)(F)CSc1ccccc1C=O. The maximum absolute atomic E-state index is 13.2. The Morgan fingerprint density at radius 2 is 2.07 bits per heavy atom. The van der Waals surface area contributed by atoms with E-state index in [4.69, 9.17) is 0 Å². The molecule has 0 amide bonds. The molecule has 0 N–H and O–H groups in total. The normalized spacial score (nSPS) is 11.4. The molecule has 0 aliphatic carbocycles. The van der Waals surface area contributed by atoms with Crippen molar-refractivity contribution in [3.63, 3.8) is 0 Å². The van der Waals surface area contributed by atoms with E-state index in [-0.39, 0.29) is 0 Å². The van der Waals surface area contributed by atoms with Crippen molar-refractivity contribution < 1.29 is 9.18 Å². The van der Waals surface area contributed by atoms with Crippen LogP contribution in [0.5, 0.6) is 0 Å². The fourth-order valence-electron chi connectivity index (χ4n) is 0.959. The Labute approximate surface area is 87.7 Å². The van der Waals surface area contributed by atoms with Gasteiger partial charge in [-0.1, -0.05) is 18.2 Å². The standard InChI is InChI=1S/C11H13FOS/c1-11(2,12)8-14-10-6-4-3-5-9(10)7-13/h3-7H,8H2,1-2H3. The lowest BCUT2D eigenvalue weighted by molar-refractivity contribution is 0.112. The summed E-state index contributed by atoms with van der Waals surface area (Å²) in [6, 6.07) is 7.22. The van der Waals surface area contributed by atoms with Gasteiger partial charge in [-0.25, -0.2) is 4.39 Å². The van der Waals surface area contributed by atoms with Gasteiger partial charge < -0.3 is 0 Å². The molecular formula is C11H13FOS. The molecule has 1 nitrogen and oxygen atoms in total. The highest BCUT2D eigenvalue weighted by atomic mass is 32.2. The van der Waals surface area contributed by atoms with Gasteiger partial charge in [0.2, 0.25) is 0 Å². The Morgan fingerprint density at radius 3 is 2.64 bits per heavy atom. The van der Waals surface area contributed by atoms with E-state index in [0.29, 0.717) is 11.3 Å².